The number of rotatable bonds is 4. The number of anilines is 1. The Kier molecular flexibility index (Phi) is 6.02. The van der Waals surface area contributed by atoms with Crippen molar-refractivity contribution in [2.24, 2.45) is 10.5 Å². The number of phenolic OH excluding ortho intramolecular Hbond substituents is 1. The summed E-state index contributed by atoms with van der Waals surface area (Å²) in [5, 5.41) is 27.2. The van der Waals surface area contributed by atoms with Crippen LogP contribution in [0.4, 0.5) is 5.69 Å². The molecule has 0 aliphatic carbocycles. The topological polar surface area (TPSA) is 115 Å². The largest absolute Gasteiger partial charge is 0.507 e. The van der Waals surface area contributed by atoms with Crippen LogP contribution < -0.4 is 10.7 Å². The van der Waals surface area contributed by atoms with Gasteiger partial charge in [0.2, 0.25) is 5.91 Å². The van der Waals surface area contributed by atoms with Crippen molar-refractivity contribution >= 4 is 34.5 Å². The molecule has 0 saturated carbocycles. The molecule has 156 valence electrons. The summed E-state index contributed by atoms with van der Waals surface area (Å²) in [5.74, 6) is -0.782. The minimum absolute atomic E-state index is 0.00974. The second-order valence-corrected chi connectivity index (χ2v) is 7.99. The van der Waals surface area contributed by atoms with E-state index < -0.39 is 11.3 Å². The first-order valence-electron chi connectivity index (χ1n) is 9.60. The van der Waals surface area contributed by atoms with Crippen LogP contribution in [0.3, 0.4) is 0 Å². The Labute approximate surface area is 180 Å². The van der Waals surface area contributed by atoms with Crippen molar-refractivity contribution in [3.63, 3.8) is 0 Å². The first kappa shape index (κ1) is 21.5. The van der Waals surface area contributed by atoms with Crippen LogP contribution in [0.2, 0.25) is 0 Å². The van der Waals surface area contributed by atoms with Crippen molar-refractivity contribution in [2.75, 3.05) is 5.32 Å². The van der Waals surface area contributed by atoms with Crippen molar-refractivity contribution in [1.29, 1.82) is 5.26 Å². The lowest BCUT2D eigenvalue weighted by molar-refractivity contribution is -0.123. The Balaban J connectivity index is 1.83. The first-order chi connectivity index (χ1) is 14.7. The molecule has 7 nitrogen and oxygen atoms in total. The number of nitriles is 1. The molecule has 0 bridgehead atoms. The van der Waals surface area contributed by atoms with Gasteiger partial charge in [-0.15, -0.1) is 0 Å². The van der Waals surface area contributed by atoms with Gasteiger partial charge in [0.15, 0.2) is 0 Å². The third-order valence-corrected chi connectivity index (χ3v) is 4.64. The molecule has 0 radical (unpaired) electrons. The Bertz CT molecular complexity index is 1230. The van der Waals surface area contributed by atoms with Crippen molar-refractivity contribution in [3.8, 4) is 11.8 Å². The summed E-state index contributed by atoms with van der Waals surface area (Å²) in [7, 11) is 0. The molecule has 0 unspecified atom stereocenters. The van der Waals surface area contributed by atoms with E-state index in [4.69, 9.17) is 5.26 Å². The molecule has 7 heteroatoms. The number of phenols is 1. The molecule has 3 rings (SSSR count). The highest BCUT2D eigenvalue weighted by molar-refractivity contribution is 6.09. The first-order valence-corrected chi connectivity index (χ1v) is 9.60. The summed E-state index contributed by atoms with van der Waals surface area (Å²) in [6.45, 7) is 5.55. The third-order valence-electron chi connectivity index (χ3n) is 4.64. The molecule has 3 N–H and O–H groups in total. The fourth-order valence-corrected chi connectivity index (χ4v) is 2.85. The van der Waals surface area contributed by atoms with E-state index in [1.807, 2.05) is 57.2 Å². The number of carbonyl (C=O) groups is 2. The summed E-state index contributed by atoms with van der Waals surface area (Å²) in [6, 6.07) is 17.0. The van der Waals surface area contributed by atoms with Gasteiger partial charge in [0.1, 0.15) is 11.8 Å². The number of nitrogens with one attached hydrogen (secondary N) is 2. The summed E-state index contributed by atoms with van der Waals surface area (Å²) in [6.07, 6.45) is 1.52. The van der Waals surface area contributed by atoms with Gasteiger partial charge >= 0.3 is 0 Å². The zero-order chi connectivity index (χ0) is 22.6. The number of hydrogen-bond donors (Lipinski definition) is 3. The standard InChI is InChI=1S/C24H22N4O3/c1-24(2,3)23(31)27-20-10-8-16(18-6-4-5-7-19(18)20)14-26-28-22(30)15-9-11-21(29)17(12-15)13-25/h4-12,14,29H,1-3H3,(H,27,31)(H,28,30). The fourth-order valence-electron chi connectivity index (χ4n) is 2.85. The molecule has 3 aromatic carbocycles. The van der Waals surface area contributed by atoms with E-state index in [2.05, 4.69) is 15.8 Å². The number of carbonyl (C=O) groups excluding carboxylic acids is 2. The van der Waals surface area contributed by atoms with E-state index in [0.717, 1.165) is 16.3 Å². The summed E-state index contributed by atoms with van der Waals surface area (Å²) in [4.78, 5) is 24.7. The number of fused-ring (bicyclic) bond motifs is 1. The second kappa shape index (κ2) is 8.67. The predicted octanol–water partition coefficient (Wildman–Crippen LogP) is 4.17. The van der Waals surface area contributed by atoms with Gasteiger partial charge in [0.05, 0.1) is 11.8 Å². The Morgan fingerprint density at radius 1 is 1.06 bits per heavy atom. The van der Waals surface area contributed by atoms with Crippen molar-refractivity contribution in [2.45, 2.75) is 20.8 Å². The van der Waals surface area contributed by atoms with Gasteiger partial charge in [-0.05, 0) is 29.7 Å². The molecular formula is C24H22N4O3. The van der Waals surface area contributed by atoms with Crippen LogP contribution in [-0.4, -0.2) is 23.1 Å². The van der Waals surface area contributed by atoms with Crippen LogP contribution in [0, 0.1) is 16.7 Å². The van der Waals surface area contributed by atoms with E-state index in [-0.39, 0.29) is 22.8 Å². The lowest BCUT2D eigenvalue weighted by Gasteiger charge is -2.19. The third kappa shape index (κ3) is 4.87. The number of hydrogen-bond acceptors (Lipinski definition) is 5. The van der Waals surface area contributed by atoms with Crippen molar-refractivity contribution < 1.29 is 14.7 Å². The van der Waals surface area contributed by atoms with Gasteiger partial charge < -0.3 is 10.4 Å². The van der Waals surface area contributed by atoms with E-state index >= 15 is 0 Å². The molecule has 0 fully saturated rings. The molecule has 0 atom stereocenters. The zero-order valence-corrected chi connectivity index (χ0v) is 17.4. The van der Waals surface area contributed by atoms with Gasteiger partial charge in [-0.3, -0.25) is 9.59 Å². The maximum absolute atomic E-state index is 12.4. The lowest BCUT2D eigenvalue weighted by Crippen LogP contribution is -2.27. The van der Waals surface area contributed by atoms with E-state index in [1.54, 1.807) is 6.07 Å². The van der Waals surface area contributed by atoms with E-state index in [0.29, 0.717) is 5.69 Å². The number of hydrazone groups is 1. The minimum Gasteiger partial charge on any atom is -0.507 e. The van der Waals surface area contributed by atoms with Crippen molar-refractivity contribution in [1.82, 2.24) is 5.43 Å². The Morgan fingerprint density at radius 2 is 1.77 bits per heavy atom. The van der Waals surface area contributed by atoms with Gasteiger partial charge in [-0.2, -0.15) is 10.4 Å². The molecule has 0 saturated heterocycles. The molecule has 3 aromatic rings. The SMILES string of the molecule is CC(C)(C)C(=O)Nc1ccc(C=NNC(=O)c2ccc(O)c(C#N)c2)c2ccccc12. The maximum atomic E-state index is 12.4. The molecule has 0 spiro atoms. The van der Waals surface area contributed by atoms with E-state index in [9.17, 15) is 14.7 Å². The maximum Gasteiger partial charge on any atom is 0.271 e. The van der Waals surface area contributed by atoms with E-state index in [1.165, 1.54) is 24.4 Å². The van der Waals surface area contributed by atoms with Crippen LogP contribution in [0.25, 0.3) is 10.8 Å². The minimum atomic E-state index is -0.523. The highest BCUT2D eigenvalue weighted by Crippen LogP contribution is 2.27. The molecular weight excluding hydrogens is 392 g/mol. The van der Waals surface area contributed by atoms with Crippen LogP contribution >= 0.6 is 0 Å². The molecule has 0 aliphatic heterocycles. The van der Waals surface area contributed by atoms with Gasteiger partial charge in [-0.1, -0.05) is 51.1 Å². The second-order valence-electron chi connectivity index (χ2n) is 7.99. The average Bonchev–Trinajstić information content (AvgIpc) is 2.74. The average molecular weight is 414 g/mol. The fraction of sp³-hybridized carbons (Fsp3) is 0.167. The van der Waals surface area contributed by atoms with Crippen LogP contribution in [0.1, 0.15) is 42.3 Å². The van der Waals surface area contributed by atoms with Crippen LogP contribution in [0.5, 0.6) is 5.75 Å². The quantitative estimate of drug-likeness (QED) is 0.439. The van der Waals surface area contributed by atoms with Crippen molar-refractivity contribution in [3.05, 3.63) is 71.3 Å². The highest BCUT2D eigenvalue weighted by atomic mass is 16.3. The number of amides is 2. The normalized spacial score (nSPS) is 11.3. The Hall–Kier alpha value is -4.18. The summed E-state index contributed by atoms with van der Waals surface area (Å²) >= 11 is 0. The summed E-state index contributed by atoms with van der Waals surface area (Å²) < 4.78 is 0. The number of benzene rings is 3. The predicted molar refractivity (Wildman–Crippen MR) is 120 cm³/mol. The van der Waals surface area contributed by atoms with Gasteiger partial charge in [-0.25, -0.2) is 5.43 Å². The molecule has 0 heterocycles. The molecule has 0 aromatic heterocycles. The zero-order valence-electron chi connectivity index (χ0n) is 17.4. The molecule has 0 aliphatic rings. The smallest absolute Gasteiger partial charge is 0.271 e. The monoisotopic (exact) mass is 414 g/mol. The number of nitrogens with zero attached hydrogens (tertiary/aromatic N) is 2. The Morgan fingerprint density at radius 3 is 2.45 bits per heavy atom. The number of aromatic hydroxyl groups is 1. The summed E-state index contributed by atoms with van der Waals surface area (Å²) in [5.41, 5.74) is 3.57. The highest BCUT2D eigenvalue weighted by Gasteiger charge is 2.22. The molecule has 2 amide bonds. The lowest BCUT2D eigenvalue weighted by atomic mass is 9.95. The van der Waals surface area contributed by atoms with Gasteiger partial charge in [0.25, 0.3) is 5.91 Å². The van der Waals surface area contributed by atoms with Crippen LogP contribution in [-0.2, 0) is 4.79 Å². The van der Waals surface area contributed by atoms with Crippen LogP contribution in [0.15, 0.2) is 59.7 Å². The van der Waals surface area contributed by atoms with Gasteiger partial charge in [0, 0.05) is 27.6 Å². The molecule has 31 heavy (non-hydrogen) atoms.